The molecule has 1 aliphatic rings. The van der Waals surface area contributed by atoms with Crippen molar-refractivity contribution in [1.29, 1.82) is 0 Å². The summed E-state index contributed by atoms with van der Waals surface area (Å²) < 4.78 is 11.0. The summed E-state index contributed by atoms with van der Waals surface area (Å²) in [4.78, 5) is 17.1. The quantitative estimate of drug-likeness (QED) is 0.515. The third-order valence-corrected chi connectivity index (χ3v) is 5.61. The van der Waals surface area contributed by atoms with E-state index in [0.717, 1.165) is 47.8 Å². The van der Waals surface area contributed by atoms with E-state index in [2.05, 4.69) is 15.9 Å². The van der Waals surface area contributed by atoms with Crippen molar-refractivity contribution < 1.29 is 13.9 Å². The van der Waals surface area contributed by atoms with Gasteiger partial charge in [-0.3, -0.25) is 4.90 Å². The number of hydrogen-bond acceptors (Lipinski definition) is 5. The molecule has 0 unspecified atom stereocenters. The molecule has 1 saturated heterocycles. The molecule has 0 atom stereocenters. The molecular formula is C22H22Cl2N2O3. The van der Waals surface area contributed by atoms with Gasteiger partial charge in [0.15, 0.2) is 0 Å². The van der Waals surface area contributed by atoms with Gasteiger partial charge in [-0.1, -0.05) is 29.3 Å². The van der Waals surface area contributed by atoms with Crippen LogP contribution >= 0.6 is 23.2 Å². The summed E-state index contributed by atoms with van der Waals surface area (Å²) in [5.41, 5.74) is 2.60. The van der Waals surface area contributed by atoms with E-state index in [1.165, 1.54) is 0 Å². The van der Waals surface area contributed by atoms with Gasteiger partial charge in [-0.05, 0) is 43.3 Å². The molecule has 4 rings (SSSR count). The lowest BCUT2D eigenvalue weighted by Crippen LogP contribution is -2.46. The normalized spacial score (nSPS) is 15.1. The molecule has 3 aromatic rings. The van der Waals surface area contributed by atoms with Gasteiger partial charge in [-0.25, -0.2) is 4.79 Å². The minimum absolute atomic E-state index is 0.265. The highest BCUT2D eigenvalue weighted by Crippen LogP contribution is 2.31. The number of fused-ring (bicyclic) bond motifs is 1. The van der Waals surface area contributed by atoms with E-state index >= 15 is 0 Å². The molecule has 0 N–H and O–H groups in total. The lowest BCUT2D eigenvalue weighted by Gasteiger charge is -2.36. The van der Waals surface area contributed by atoms with Crippen molar-refractivity contribution in [2.75, 3.05) is 37.7 Å². The molecule has 0 saturated carbocycles. The van der Waals surface area contributed by atoms with Gasteiger partial charge >= 0.3 is 5.97 Å². The summed E-state index contributed by atoms with van der Waals surface area (Å²) in [6, 6.07) is 13.3. The predicted octanol–water partition coefficient (Wildman–Crippen LogP) is 5.24. The fourth-order valence-corrected chi connectivity index (χ4v) is 4.06. The van der Waals surface area contributed by atoms with Gasteiger partial charge in [0.25, 0.3) is 0 Å². The molecular weight excluding hydrogens is 411 g/mol. The second-order valence-electron chi connectivity index (χ2n) is 7.01. The van der Waals surface area contributed by atoms with Crippen LogP contribution in [0.3, 0.4) is 0 Å². The SMILES string of the molecule is CCOC(=O)c1oc2ccc(Cl)cc2c1CN1CCN(c2cccc(Cl)c2)CC1. The Morgan fingerprint density at radius 1 is 1.07 bits per heavy atom. The fourth-order valence-electron chi connectivity index (χ4n) is 3.70. The zero-order chi connectivity index (χ0) is 20.4. The topological polar surface area (TPSA) is 45.9 Å². The Morgan fingerprint density at radius 2 is 1.83 bits per heavy atom. The summed E-state index contributed by atoms with van der Waals surface area (Å²) >= 11 is 12.3. The van der Waals surface area contributed by atoms with E-state index in [1.807, 2.05) is 24.3 Å². The molecule has 0 bridgehead atoms. The number of rotatable bonds is 5. The van der Waals surface area contributed by atoms with Crippen molar-refractivity contribution >= 4 is 45.8 Å². The Kier molecular flexibility index (Phi) is 5.99. The van der Waals surface area contributed by atoms with Crippen LogP contribution in [0.1, 0.15) is 23.0 Å². The van der Waals surface area contributed by atoms with Gasteiger partial charge in [0.05, 0.1) is 6.61 Å². The number of carbonyl (C=O) groups is 1. The third kappa shape index (κ3) is 4.37. The lowest BCUT2D eigenvalue weighted by molar-refractivity contribution is 0.0489. The van der Waals surface area contributed by atoms with Gasteiger partial charge in [-0.15, -0.1) is 0 Å². The second kappa shape index (κ2) is 8.66. The summed E-state index contributed by atoms with van der Waals surface area (Å²) in [6.07, 6.45) is 0. The number of halogens is 2. The summed E-state index contributed by atoms with van der Waals surface area (Å²) in [6.45, 7) is 6.17. The van der Waals surface area contributed by atoms with Crippen LogP contribution in [0.2, 0.25) is 10.0 Å². The molecule has 0 radical (unpaired) electrons. The van der Waals surface area contributed by atoms with Gasteiger partial charge < -0.3 is 14.1 Å². The maximum Gasteiger partial charge on any atom is 0.374 e. The van der Waals surface area contributed by atoms with Crippen molar-refractivity contribution in [1.82, 2.24) is 4.90 Å². The zero-order valence-corrected chi connectivity index (χ0v) is 17.7. The number of nitrogens with zero attached hydrogens (tertiary/aromatic N) is 2. The van der Waals surface area contributed by atoms with Crippen LogP contribution in [-0.2, 0) is 11.3 Å². The number of piperazine rings is 1. The molecule has 29 heavy (non-hydrogen) atoms. The van der Waals surface area contributed by atoms with E-state index in [0.29, 0.717) is 23.8 Å². The monoisotopic (exact) mass is 432 g/mol. The van der Waals surface area contributed by atoms with Crippen LogP contribution in [0.4, 0.5) is 5.69 Å². The highest BCUT2D eigenvalue weighted by atomic mass is 35.5. The molecule has 5 nitrogen and oxygen atoms in total. The van der Waals surface area contributed by atoms with Gasteiger partial charge in [0.1, 0.15) is 5.58 Å². The van der Waals surface area contributed by atoms with E-state index in [-0.39, 0.29) is 5.76 Å². The van der Waals surface area contributed by atoms with Crippen LogP contribution < -0.4 is 4.90 Å². The molecule has 1 aromatic heterocycles. The Hall–Kier alpha value is -2.21. The summed E-state index contributed by atoms with van der Waals surface area (Å²) in [7, 11) is 0. The van der Waals surface area contributed by atoms with E-state index in [9.17, 15) is 4.79 Å². The lowest BCUT2D eigenvalue weighted by atomic mass is 10.1. The molecule has 7 heteroatoms. The van der Waals surface area contributed by atoms with Gasteiger partial charge in [0.2, 0.25) is 5.76 Å². The first-order valence-electron chi connectivity index (χ1n) is 9.66. The van der Waals surface area contributed by atoms with Gasteiger partial charge in [-0.2, -0.15) is 0 Å². The van der Waals surface area contributed by atoms with Crippen molar-refractivity contribution in [3.63, 3.8) is 0 Å². The molecule has 2 aromatic carbocycles. The van der Waals surface area contributed by atoms with Crippen molar-refractivity contribution in [3.05, 3.63) is 63.8 Å². The Bertz CT molecular complexity index is 1030. The summed E-state index contributed by atoms with van der Waals surface area (Å²) in [5, 5.41) is 2.21. The van der Waals surface area contributed by atoms with Crippen LogP contribution in [-0.4, -0.2) is 43.7 Å². The molecule has 0 aliphatic carbocycles. The van der Waals surface area contributed by atoms with Crippen molar-refractivity contribution in [2.24, 2.45) is 0 Å². The number of benzene rings is 2. The predicted molar refractivity (Wildman–Crippen MR) is 116 cm³/mol. The standard InChI is InChI=1S/C22H22Cl2N2O3/c1-2-28-22(27)21-19(18-13-16(24)6-7-20(18)29-21)14-25-8-10-26(11-9-25)17-5-3-4-15(23)12-17/h3-7,12-13H,2,8-11,14H2,1H3. The minimum Gasteiger partial charge on any atom is -0.460 e. The van der Waals surface area contributed by atoms with E-state index < -0.39 is 5.97 Å². The largest absolute Gasteiger partial charge is 0.460 e. The minimum atomic E-state index is -0.438. The first-order chi connectivity index (χ1) is 14.0. The number of furan rings is 1. The highest BCUT2D eigenvalue weighted by Gasteiger charge is 2.25. The Labute approximate surface area is 179 Å². The molecule has 1 fully saturated rings. The number of anilines is 1. The molecule has 0 amide bonds. The number of ether oxygens (including phenoxy) is 1. The highest BCUT2D eigenvalue weighted by molar-refractivity contribution is 6.31. The average molecular weight is 433 g/mol. The van der Waals surface area contributed by atoms with Crippen LogP contribution in [0.5, 0.6) is 0 Å². The van der Waals surface area contributed by atoms with Crippen LogP contribution in [0, 0.1) is 0 Å². The number of hydrogen-bond donors (Lipinski definition) is 0. The zero-order valence-electron chi connectivity index (χ0n) is 16.2. The smallest absolute Gasteiger partial charge is 0.374 e. The third-order valence-electron chi connectivity index (χ3n) is 5.14. The Balaban J connectivity index is 1.54. The van der Waals surface area contributed by atoms with E-state index in [1.54, 1.807) is 19.1 Å². The Morgan fingerprint density at radius 3 is 2.55 bits per heavy atom. The number of esters is 1. The first-order valence-corrected chi connectivity index (χ1v) is 10.4. The van der Waals surface area contributed by atoms with Crippen molar-refractivity contribution in [3.8, 4) is 0 Å². The molecule has 152 valence electrons. The second-order valence-corrected chi connectivity index (χ2v) is 7.89. The van der Waals surface area contributed by atoms with Crippen LogP contribution in [0.15, 0.2) is 46.9 Å². The van der Waals surface area contributed by atoms with Crippen molar-refractivity contribution in [2.45, 2.75) is 13.5 Å². The number of carbonyl (C=O) groups excluding carboxylic acids is 1. The molecule has 0 spiro atoms. The molecule has 2 heterocycles. The fraction of sp³-hybridized carbons (Fsp3) is 0.318. The first kappa shape index (κ1) is 20.1. The average Bonchev–Trinajstić information content (AvgIpc) is 3.06. The van der Waals surface area contributed by atoms with E-state index in [4.69, 9.17) is 32.4 Å². The maximum absolute atomic E-state index is 12.4. The maximum atomic E-state index is 12.4. The summed E-state index contributed by atoms with van der Waals surface area (Å²) in [5.74, 6) is -0.172. The van der Waals surface area contributed by atoms with Gasteiger partial charge in [0, 0.05) is 59.4 Å². The van der Waals surface area contributed by atoms with Crippen LogP contribution in [0.25, 0.3) is 11.0 Å². The molecule has 1 aliphatic heterocycles.